The van der Waals surface area contributed by atoms with Gasteiger partial charge in [0.25, 0.3) is 5.91 Å². The van der Waals surface area contributed by atoms with Crippen LogP contribution in [-0.4, -0.2) is 35.5 Å². The van der Waals surface area contributed by atoms with Crippen LogP contribution in [0.5, 0.6) is 0 Å². The van der Waals surface area contributed by atoms with Crippen molar-refractivity contribution in [2.45, 2.75) is 50.7 Å². The molecule has 0 unspecified atom stereocenters. The van der Waals surface area contributed by atoms with Gasteiger partial charge in [-0.3, -0.25) is 4.79 Å². The maximum absolute atomic E-state index is 12.7. The van der Waals surface area contributed by atoms with Crippen LogP contribution in [0.3, 0.4) is 0 Å². The van der Waals surface area contributed by atoms with Gasteiger partial charge in [-0.05, 0) is 31.9 Å². The Balaban J connectivity index is 1.70. The Morgan fingerprint density at radius 1 is 1.27 bits per heavy atom. The van der Waals surface area contributed by atoms with Gasteiger partial charge < -0.3 is 14.1 Å². The van der Waals surface area contributed by atoms with Crippen molar-refractivity contribution in [3.05, 3.63) is 36.1 Å². The van der Waals surface area contributed by atoms with Crippen LogP contribution in [0.15, 0.2) is 34.7 Å². The quantitative estimate of drug-likeness (QED) is 0.782. The Labute approximate surface area is 152 Å². The van der Waals surface area contributed by atoms with Crippen molar-refractivity contribution < 1.29 is 18.7 Å². The summed E-state index contributed by atoms with van der Waals surface area (Å²) in [5.74, 6) is -1.01. The Morgan fingerprint density at radius 3 is 2.62 bits per heavy atom. The van der Waals surface area contributed by atoms with Gasteiger partial charge in [-0.2, -0.15) is 5.26 Å². The Bertz CT molecular complexity index is 825. The number of carbonyl (C=O) groups excluding carboxylic acids is 2. The van der Waals surface area contributed by atoms with Gasteiger partial charge in [-0.25, -0.2) is 4.79 Å². The first-order valence-corrected chi connectivity index (χ1v) is 8.85. The monoisotopic (exact) mass is 354 g/mol. The van der Waals surface area contributed by atoms with E-state index in [9.17, 15) is 14.9 Å². The van der Waals surface area contributed by atoms with Gasteiger partial charge in [0, 0.05) is 12.4 Å². The van der Waals surface area contributed by atoms with Crippen molar-refractivity contribution in [3.8, 4) is 6.07 Å². The molecule has 1 amide bonds. The third kappa shape index (κ3) is 3.30. The van der Waals surface area contributed by atoms with E-state index < -0.39 is 17.6 Å². The molecular weight excluding hydrogens is 332 g/mol. The Hall–Kier alpha value is -2.81. The fourth-order valence-corrected chi connectivity index (χ4v) is 3.49. The molecule has 6 nitrogen and oxygen atoms in total. The highest BCUT2D eigenvalue weighted by atomic mass is 16.6. The molecule has 1 heterocycles. The summed E-state index contributed by atoms with van der Waals surface area (Å²) in [5.41, 5.74) is -0.226. The van der Waals surface area contributed by atoms with Gasteiger partial charge in [0.15, 0.2) is 6.10 Å². The van der Waals surface area contributed by atoms with Gasteiger partial charge in [0.1, 0.15) is 11.1 Å². The molecule has 136 valence electrons. The third-order valence-electron chi connectivity index (χ3n) is 5.12. The fourth-order valence-electron chi connectivity index (χ4n) is 3.49. The zero-order valence-electron chi connectivity index (χ0n) is 15.0. The molecule has 1 aliphatic rings. The number of likely N-dealkylation sites (N-methyl/N-ethyl adjacent to an activating group) is 1. The van der Waals surface area contributed by atoms with Crippen molar-refractivity contribution in [3.63, 3.8) is 0 Å². The normalized spacial score (nSPS) is 17.3. The van der Waals surface area contributed by atoms with Gasteiger partial charge in [0.05, 0.1) is 6.07 Å². The van der Waals surface area contributed by atoms with Gasteiger partial charge in [0.2, 0.25) is 5.76 Å². The second-order valence-corrected chi connectivity index (χ2v) is 6.80. The lowest BCUT2D eigenvalue weighted by molar-refractivity contribution is -0.143. The molecule has 1 atom stereocenters. The van der Waals surface area contributed by atoms with Crippen LogP contribution in [-0.2, 0) is 9.53 Å². The van der Waals surface area contributed by atoms with Crippen LogP contribution in [0.2, 0.25) is 0 Å². The minimum Gasteiger partial charge on any atom is -0.449 e. The summed E-state index contributed by atoms with van der Waals surface area (Å²) in [6, 6.07) is 11.1. The number of hydrogen-bond acceptors (Lipinski definition) is 5. The van der Waals surface area contributed by atoms with Gasteiger partial charge >= 0.3 is 5.97 Å². The molecule has 0 spiro atoms. The summed E-state index contributed by atoms with van der Waals surface area (Å²) < 4.78 is 10.8. The number of nitriles is 1. The summed E-state index contributed by atoms with van der Waals surface area (Å²) in [4.78, 5) is 26.5. The molecule has 2 aromatic rings. The topological polar surface area (TPSA) is 83.5 Å². The molecule has 0 N–H and O–H groups in total. The maximum Gasteiger partial charge on any atom is 0.375 e. The number of hydrogen-bond donors (Lipinski definition) is 0. The van der Waals surface area contributed by atoms with E-state index in [1.54, 1.807) is 19.2 Å². The molecule has 1 fully saturated rings. The molecule has 3 rings (SSSR count). The molecule has 1 aromatic carbocycles. The van der Waals surface area contributed by atoms with Crippen molar-refractivity contribution >= 4 is 22.8 Å². The van der Waals surface area contributed by atoms with E-state index in [0.717, 1.165) is 24.6 Å². The number of rotatable bonds is 4. The second-order valence-electron chi connectivity index (χ2n) is 6.80. The Kier molecular flexibility index (Phi) is 4.99. The van der Waals surface area contributed by atoms with Gasteiger partial charge in [-0.15, -0.1) is 0 Å². The van der Waals surface area contributed by atoms with Crippen molar-refractivity contribution in [1.29, 1.82) is 5.26 Å². The number of para-hydroxylation sites is 1. The predicted octanol–water partition coefficient (Wildman–Crippen LogP) is 3.66. The highest BCUT2D eigenvalue weighted by molar-refractivity contribution is 5.94. The average molecular weight is 354 g/mol. The van der Waals surface area contributed by atoms with Crippen LogP contribution < -0.4 is 0 Å². The molecule has 0 bridgehead atoms. The largest absolute Gasteiger partial charge is 0.449 e. The van der Waals surface area contributed by atoms with Crippen molar-refractivity contribution in [2.24, 2.45) is 0 Å². The first-order chi connectivity index (χ1) is 12.5. The van der Waals surface area contributed by atoms with E-state index in [-0.39, 0.29) is 11.7 Å². The first-order valence-electron chi connectivity index (χ1n) is 8.85. The van der Waals surface area contributed by atoms with Crippen molar-refractivity contribution in [1.82, 2.24) is 4.90 Å². The van der Waals surface area contributed by atoms with Crippen LogP contribution in [0, 0.1) is 11.3 Å². The minimum atomic E-state index is -0.993. The van der Waals surface area contributed by atoms with Crippen LogP contribution in [0.1, 0.15) is 49.6 Å². The first kappa shape index (κ1) is 18.0. The lowest BCUT2D eigenvalue weighted by Crippen LogP contribution is -2.53. The second kappa shape index (κ2) is 7.20. The van der Waals surface area contributed by atoms with Crippen LogP contribution >= 0.6 is 0 Å². The molecule has 6 heteroatoms. The lowest BCUT2D eigenvalue weighted by atomic mass is 9.81. The fraction of sp³-hybridized carbons (Fsp3) is 0.450. The lowest BCUT2D eigenvalue weighted by Gasteiger charge is -2.39. The number of nitrogens with zero attached hydrogens (tertiary/aromatic N) is 2. The number of carbonyl (C=O) groups is 2. The highest BCUT2D eigenvalue weighted by Gasteiger charge is 2.40. The molecule has 1 aliphatic carbocycles. The smallest absolute Gasteiger partial charge is 0.375 e. The number of amides is 1. The van der Waals surface area contributed by atoms with E-state index >= 15 is 0 Å². The molecule has 26 heavy (non-hydrogen) atoms. The van der Waals surface area contributed by atoms with E-state index in [1.807, 2.05) is 18.2 Å². The standard InChI is InChI=1S/C20H22N2O4/c1-14(18(23)22(2)20(13-21)10-6-3-7-11-20)25-19(24)17-12-15-8-4-5-9-16(15)26-17/h4-5,8-9,12,14H,3,6-7,10-11H2,1-2H3/t14-/m1/s1. The minimum absolute atomic E-state index is 0.0566. The third-order valence-corrected chi connectivity index (χ3v) is 5.12. The summed E-state index contributed by atoms with van der Waals surface area (Å²) in [6.07, 6.45) is 3.21. The number of furan rings is 1. The van der Waals surface area contributed by atoms with Crippen molar-refractivity contribution in [2.75, 3.05) is 7.05 Å². The summed E-state index contributed by atoms with van der Waals surface area (Å²) in [7, 11) is 1.61. The summed E-state index contributed by atoms with van der Waals surface area (Å²) in [5, 5.41) is 10.4. The number of ether oxygens (including phenoxy) is 1. The Morgan fingerprint density at radius 2 is 1.96 bits per heavy atom. The molecule has 0 aliphatic heterocycles. The highest BCUT2D eigenvalue weighted by Crippen LogP contribution is 2.33. The van der Waals surface area contributed by atoms with E-state index in [4.69, 9.17) is 9.15 Å². The maximum atomic E-state index is 12.7. The van der Waals surface area contributed by atoms with E-state index in [2.05, 4.69) is 6.07 Å². The van der Waals surface area contributed by atoms with Crippen LogP contribution in [0.25, 0.3) is 11.0 Å². The molecule has 0 radical (unpaired) electrons. The summed E-state index contributed by atoms with van der Waals surface area (Å²) in [6.45, 7) is 1.52. The molecule has 0 saturated heterocycles. The molecule has 1 saturated carbocycles. The van der Waals surface area contributed by atoms with Crippen LogP contribution in [0.4, 0.5) is 0 Å². The number of fused-ring (bicyclic) bond motifs is 1. The SMILES string of the molecule is C[C@@H](OC(=O)c1cc2ccccc2o1)C(=O)N(C)C1(C#N)CCCCC1. The number of esters is 1. The van der Waals surface area contributed by atoms with Gasteiger partial charge in [-0.1, -0.05) is 37.5 Å². The average Bonchev–Trinajstić information content (AvgIpc) is 3.11. The molecule has 1 aromatic heterocycles. The molecular formula is C20H22N2O4. The summed E-state index contributed by atoms with van der Waals surface area (Å²) >= 11 is 0. The zero-order chi connectivity index (χ0) is 18.7. The zero-order valence-corrected chi connectivity index (χ0v) is 15.0. The van der Waals surface area contributed by atoms with E-state index in [1.165, 1.54) is 11.8 Å². The van der Waals surface area contributed by atoms with E-state index in [0.29, 0.717) is 18.4 Å². The predicted molar refractivity (Wildman–Crippen MR) is 95.3 cm³/mol. The number of benzene rings is 1.